The van der Waals surface area contributed by atoms with Gasteiger partial charge in [-0.25, -0.2) is 0 Å². The van der Waals surface area contributed by atoms with Crippen molar-refractivity contribution >= 4 is 0 Å². The minimum absolute atomic E-state index is 0.946. The highest BCUT2D eigenvalue weighted by molar-refractivity contribution is 4.74. The molecule has 1 fully saturated rings. The van der Waals surface area contributed by atoms with E-state index in [4.69, 9.17) is 0 Å². The van der Waals surface area contributed by atoms with Crippen LogP contribution in [0.3, 0.4) is 0 Å². The fourth-order valence-corrected chi connectivity index (χ4v) is 2.88. The number of hydrogen-bond donors (Lipinski definition) is 0. The Morgan fingerprint density at radius 1 is 1.14 bits per heavy atom. The number of unbranched alkanes of at least 4 members (excludes halogenated alkanes) is 2. The van der Waals surface area contributed by atoms with Gasteiger partial charge in [0, 0.05) is 0 Å². The van der Waals surface area contributed by atoms with Crippen LogP contribution in [0.4, 0.5) is 0 Å². The fourth-order valence-electron chi connectivity index (χ4n) is 2.88. The first-order chi connectivity index (χ1) is 6.88. The van der Waals surface area contributed by atoms with E-state index in [2.05, 4.69) is 13.8 Å². The molecule has 0 aromatic carbocycles. The zero-order valence-corrected chi connectivity index (χ0v) is 9.93. The maximum absolute atomic E-state index is 4.14. The van der Waals surface area contributed by atoms with Gasteiger partial charge in [0.15, 0.2) is 0 Å². The van der Waals surface area contributed by atoms with E-state index in [1.54, 1.807) is 0 Å². The van der Waals surface area contributed by atoms with Crippen LogP contribution >= 0.6 is 0 Å². The molecule has 0 saturated heterocycles. The van der Waals surface area contributed by atoms with Crippen molar-refractivity contribution in [2.45, 2.75) is 71.1 Å². The van der Waals surface area contributed by atoms with Gasteiger partial charge in [0.1, 0.15) is 0 Å². The highest BCUT2D eigenvalue weighted by atomic mass is 14.3. The molecular formula is C14H27. The quantitative estimate of drug-likeness (QED) is 0.524. The fraction of sp³-hybridized carbons (Fsp3) is 0.929. The molecule has 0 N–H and O–H groups in total. The lowest BCUT2D eigenvalue weighted by molar-refractivity contribution is 0.232. The van der Waals surface area contributed by atoms with Gasteiger partial charge >= 0.3 is 0 Å². The van der Waals surface area contributed by atoms with Gasteiger partial charge in [0.2, 0.25) is 0 Å². The van der Waals surface area contributed by atoms with Gasteiger partial charge in [-0.1, -0.05) is 78.1 Å². The number of rotatable bonds is 6. The van der Waals surface area contributed by atoms with Crippen LogP contribution < -0.4 is 0 Å². The molecule has 0 spiro atoms. The zero-order valence-electron chi connectivity index (χ0n) is 9.93. The van der Waals surface area contributed by atoms with Crippen LogP contribution in [0.2, 0.25) is 0 Å². The lowest BCUT2D eigenvalue weighted by Gasteiger charge is -2.29. The van der Waals surface area contributed by atoms with E-state index >= 15 is 0 Å². The lowest BCUT2D eigenvalue weighted by Crippen LogP contribution is -2.17. The Morgan fingerprint density at radius 2 is 1.86 bits per heavy atom. The van der Waals surface area contributed by atoms with Crippen LogP contribution in [0, 0.1) is 18.8 Å². The number of hydrogen-bond acceptors (Lipinski definition) is 0. The van der Waals surface area contributed by atoms with E-state index in [9.17, 15) is 0 Å². The molecular weight excluding hydrogens is 168 g/mol. The molecule has 0 aromatic rings. The van der Waals surface area contributed by atoms with Gasteiger partial charge in [-0.2, -0.15) is 0 Å². The Bertz CT molecular complexity index is 122. The van der Waals surface area contributed by atoms with Crippen LogP contribution in [0.1, 0.15) is 71.1 Å². The normalized spacial score (nSPS) is 21.0. The molecule has 0 aromatic heterocycles. The third-order valence-corrected chi connectivity index (χ3v) is 3.87. The maximum Gasteiger partial charge on any atom is -0.0386 e. The summed E-state index contributed by atoms with van der Waals surface area (Å²) in [6, 6.07) is 0. The molecule has 1 aliphatic rings. The average Bonchev–Trinajstić information content (AvgIpc) is 2.26. The Morgan fingerprint density at radius 3 is 2.43 bits per heavy atom. The standard InChI is InChI=1S/C14H27/c1-3-5-7-10-13(4-2)14-11-8-6-9-12-14/h13-14H,2-12H2,1H3. The second-order valence-electron chi connectivity index (χ2n) is 4.94. The predicted octanol–water partition coefficient (Wildman–Crippen LogP) is 4.99. The molecule has 14 heavy (non-hydrogen) atoms. The van der Waals surface area contributed by atoms with Crippen LogP contribution in [0.5, 0.6) is 0 Å². The second-order valence-corrected chi connectivity index (χ2v) is 4.94. The Kier molecular flexibility index (Phi) is 6.31. The first-order valence-corrected chi connectivity index (χ1v) is 6.67. The second kappa shape index (κ2) is 7.31. The van der Waals surface area contributed by atoms with Crippen LogP contribution in [0.25, 0.3) is 0 Å². The summed E-state index contributed by atoms with van der Waals surface area (Å²) in [5.74, 6) is 1.97. The summed E-state index contributed by atoms with van der Waals surface area (Å²) in [5.41, 5.74) is 0. The van der Waals surface area contributed by atoms with Gasteiger partial charge in [0.05, 0.1) is 0 Å². The van der Waals surface area contributed by atoms with Crippen molar-refractivity contribution in [3.63, 3.8) is 0 Å². The van der Waals surface area contributed by atoms with Crippen molar-refractivity contribution in [3.8, 4) is 0 Å². The Labute approximate surface area is 90.5 Å². The summed E-state index contributed by atoms with van der Waals surface area (Å²) < 4.78 is 0. The van der Waals surface area contributed by atoms with Gasteiger partial charge in [0.25, 0.3) is 0 Å². The molecule has 0 heterocycles. The summed E-state index contributed by atoms with van der Waals surface area (Å²) in [6.07, 6.45) is 14.3. The smallest absolute Gasteiger partial charge is 0.0386 e. The molecule has 0 heteroatoms. The molecule has 1 atom stereocenters. The minimum atomic E-state index is 0.946. The molecule has 0 aliphatic heterocycles. The molecule has 1 unspecified atom stereocenters. The highest BCUT2D eigenvalue weighted by Gasteiger charge is 2.21. The molecule has 1 saturated carbocycles. The topological polar surface area (TPSA) is 0 Å². The van der Waals surface area contributed by atoms with Crippen molar-refractivity contribution in [1.82, 2.24) is 0 Å². The van der Waals surface area contributed by atoms with E-state index < -0.39 is 0 Å². The van der Waals surface area contributed by atoms with Crippen molar-refractivity contribution in [1.29, 1.82) is 0 Å². The van der Waals surface area contributed by atoms with Gasteiger partial charge in [-0.3, -0.25) is 0 Å². The Balaban J connectivity index is 2.21. The van der Waals surface area contributed by atoms with Crippen LogP contribution in [-0.4, -0.2) is 0 Å². The SMILES string of the molecule is [CH2]CC(CCCCC)C1CCCCC1. The third-order valence-electron chi connectivity index (χ3n) is 3.87. The highest BCUT2D eigenvalue weighted by Crippen LogP contribution is 2.34. The van der Waals surface area contributed by atoms with Crippen LogP contribution in [-0.2, 0) is 0 Å². The van der Waals surface area contributed by atoms with Crippen molar-refractivity contribution in [2.24, 2.45) is 11.8 Å². The van der Waals surface area contributed by atoms with E-state index in [0.29, 0.717) is 0 Å². The first-order valence-electron chi connectivity index (χ1n) is 6.67. The van der Waals surface area contributed by atoms with E-state index in [0.717, 1.165) is 11.8 Å². The first kappa shape index (κ1) is 12.1. The van der Waals surface area contributed by atoms with Crippen molar-refractivity contribution < 1.29 is 0 Å². The molecule has 1 aliphatic carbocycles. The molecule has 1 radical (unpaired) electrons. The van der Waals surface area contributed by atoms with Crippen molar-refractivity contribution in [2.75, 3.05) is 0 Å². The molecule has 0 nitrogen and oxygen atoms in total. The summed E-state index contributed by atoms with van der Waals surface area (Å²) in [4.78, 5) is 0. The van der Waals surface area contributed by atoms with Gasteiger partial charge < -0.3 is 0 Å². The predicted molar refractivity (Wildman–Crippen MR) is 64.2 cm³/mol. The molecule has 0 bridgehead atoms. The zero-order chi connectivity index (χ0) is 10.2. The maximum atomic E-state index is 4.14. The summed E-state index contributed by atoms with van der Waals surface area (Å²) in [6.45, 7) is 6.43. The largest absolute Gasteiger partial charge is 0.0654 e. The van der Waals surface area contributed by atoms with Crippen molar-refractivity contribution in [3.05, 3.63) is 6.92 Å². The van der Waals surface area contributed by atoms with Crippen LogP contribution in [0.15, 0.2) is 0 Å². The van der Waals surface area contributed by atoms with E-state index in [-0.39, 0.29) is 0 Å². The minimum Gasteiger partial charge on any atom is -0.0654 e. The monoisotopic (exact) mass is 195 g/mol. The summed E-state index contributed by atoms with van der Waals surface area (Å²) >= 11 is 0. The van der Waals surface area contributed by atoms with Gasteiger partial charge in [-0.15, -0.1) is 0 Å². The third kappa shape index (κ3) is 4.02. The van der Waals surface area contributed by atoms with E-state index in [1.807, 2.05) is 0 Å². The molecule has 0 amide bonds. The summed E-state index contributed by atoms with van der Waals surface area (Å²) in [7, 11) is 0. The molecule has 1 rings (SSSR count). The Hall–Kier alpha value is 0. The lowest BCUT2D eigenvalue weighted by atomic mass is 9.77. The molecule has 83 valence electrons. The van der Waals surface area contributed by atoms with Gasteiger partial charge in [-0.05, 0) is 11.8 Å². The average molecular weight is 195 g/mol. The summed E-state index contributed by atoms with van der Waals surface area (Å²) in [5, 5.41) is 0. The van der Waals surface area contributed by atoms with E-state index in [1.165, 1.54) is 64.2 Å².